The molecule has 0 fully saturated rings. The average Bonchev–Trinajstić information content (AvgIpc) is 2.64. The van der Waals surface area contributed by atoms with E-state index in [1.165, 1.54) is 11.0 Å². The van der Waals surface area contributed by atoms with Gasteiger partial charge in [0.25, 0.3) is 0 Å². The van der Waals surface area contributed by atoms with Crippen molar-refractivity contribution in [2.45, 2.75) is 13.0 Å². The van der Waals surface area contributed by atoms with E-state index in [2.05, 4.69) is 15.4 Å². The van der Waals surface area contributed by atoms with Crippen LogP contribution < -0.4 is 11.1 Å². The molecule has 0 radical (unpaired) electrons. The summed E-state index contributed by atoms with van der Waals surface area (Å²) in [5, 5.41) is 6.47. The molecule has 1 unspecified atom stereocenters. The van der Waals surface area contributed by atoms with E-state index in [9.17, 15) is 4.79 Å². The fourth-order valence-electron chi connectivity index (χ4n) is 0.903. The minimum absolute atomic E-state index is 0.118. The van der Waals surface area contributed by atoms with E-state index in [0.717, 1.165) is 0 Å². The van der Waals surface area contributed by atoms with Crippen LogP contribution in [0.5, 0.6) is 0 Å². The number of thiocarbonyl (C=S) groups is 1. The monoisotopic (exact) mass is 213 g/mol. The lowest BCUT2D eigenvalue weighted by atomic mass is 10.3. The van der Waals surface area contributed by atoms with Gasteiger partial charge in [-0.3, -0.25) is 4.79 Å². The van der Waals surface area contributed by atoms with Crippen LogP contribution in [0.25, 0.3) is 0 Å². The second kappa shape index (κ2) is 4.14. The van der Waals surface area contributed by atoms with Gasteiger partial charge in [-0.2, -0.15) is 0 Å². The first-order valence-electron chi connectivity index (χ1n) is 3.98. The summed E-state index contributed by atoms with van der Waals surface area (Å²) in [7, 11) is 1.56. The fraction of sp³-hybridized carbons (Fsp3) is 0.429. The van der Waals surface area contributed by atoms with Crippen molar-refractivity contribution < 1.29 is 4.79 Å². The maximum atomic E-state index is 11.2. The normalized spacial score (nSPS) is 12.1. The fourth-order valence-corrected chi connectivity index (χ4v) is 0.997. The molecule has 0 bridgehead atoms. The Morgan fingerprint density at radius 1 is 1.79 bits per heavy atom. The van der Waals surface area contributed by atoms with Gasteiger partial charge in [0, 0.05) is 7.05 Å². The van der Waals surface area contributed by atoms with Crippen LogP contribution in [0.4, 0.5) is 0 Å². The highest BCUT2D eigenvalue weighted by Crippen LogP contribution is 2.02. The van der Waals surface area contributed by atoms with Crippen molar-refractivity contribution in [2.24, 2.45) is 5.73 Å². The number of aromatic nitrogens is 3. The molecule has 1 amide bonds. The molecule has 0 saturated carbocycles. The Hall–Kier alpha value is -1.50. The zero-order chi connectivity index (χ0) is 10.7. The number of amides is 1. The summed E-state index contributed by atoms with van der Waals surface area (Å²) in [5.74, 6) is 0.125. The molecular weight excluding hydrogens is 202 g/mol. The molecular formula is C7H11N5OS. The van der Waals surface area contributed by atoms with Gasteiger partial charge in [-0.05, 0) is 6.92 Å². The van der Waals surface area contributed by atoms with Crippen molar-refractivity contribution in [3.8, 4) is 0 Å². The highest BCUT2D eigenvalue weighted by atomic mass is 32.1. The number of nitrogens with one attached hydrogen (secondary N) is 1. The van der Waals surface area contributed by atoms with Crippen LogP contribution in [0.2, 0.25) is 0 Å². The van der Waals surface area contributed by atoms with Gasteiger partial charge in [-0.1, -0.05) is 12.2 Å². The summed E-state index contributed by atoms with van der Waals surface area (Å²) in [6.45, 7) is 1.71. The highest BCUT2D eigenvalue weighted by molar-refractivity contribution is 7.80. The minimum atomic E-state index is -0.421. The number of hydrogen-bond donors (Lipinski definition) is 2. The Balaban J connectivity index is 2.86. The summed E-state index contributed by atoms with van der Waals surface area (Å²) in [6, 6.07) is -0.421. The molecule has 1 aromatic heterocycles. The van der Waals surface area contributed by atoms with Crippen molar-refractivity contribution in [3.63, 3.8) is 0 Å². The van der Waals surface area contributed by atoms with Crippen molar-refractivity contribution in [3.05, 3.63) is 12.2 Å². The zero-order valence-electron chi connectivity index (χ0n) is 7.89. The van der Waals surface area contributed by atoms with Gasteiger partial charge in [0.2, 0.25) is 11.7 Å². The largest absolute Gasteiger partial charge is 0.387 e. The number of carbonyl (C=O) groups is 1. The third-order valence-electron chi connectivity index (χ3n) is 1.75. The lowest BCUT2D eigenvalue weighted by molar-refractivity contribution is -0.123. The smallest absolute Gasteiger partial charge is 0.244 e. The molecule has 0 aliphatic carbocycles. The second-order valence-electron chi connectivity index (χ2n) is 2.70. The number of carbonyl (C=O) groups excluding carboxylic acids is 1. The van der Waals surface area contributed by atoms with Crippen molar-refractivity contribution in [1.82, 2.24) is 20.1 Å². The Morgan fingerprint density at radius 3 is 2.86 bits per heavy atom. The molecule has 0 spiro atoms. The Bertz CT molecular complexity index is 361. The first-order valence-corrected chi connectivity index (χ1v) is 4.39. The maximum Gasteiger partial charge on any atom is 0.244 e. The van der Waals surface area contributed by atoms with E-state index in [1.807, 2.05) is 0 Å². The van der Waals surface area contributed by atoms with Gasteiger partial charge in [-0.15, -0.1) is 5.10 Å². The third-order valence-corrected chi connectivity index (χ3v) is 1.93. The van der Waals surface area contributed by atoms with E-state index in [0.29, 0.717) is 0 Å². The van der Waals surface area contributed by atoms with Gasteiger partial charge in [-0.25, -0.2) is 9.67 Å². The van der Waals surface area contributed by atoms with Crippen LogP contribution >= 0.6 is 12.2 Å². The molecule has 14 heavy (non-hydrogen) atoms. The predicted octanol–water partition coefficient (Wildman–Crippen LogP) is -0.781. The number of nitrogens with two attached hydrogens (primary N) is 1. The molecule has 0 aromatic carbocycles. The first kappa shape index (κ1) is 10.6. The average molecular weight is 213 g/mol. The summed E-state index contributed by atoms with van der Waals surface area (Å²) >= 11 is 4.69. The van der Waals surface area contributed by atoms with Crippen LogP contribution in [0.15, 0.2) is 6.33 Å². The summed E-state index contributed by atoms with van der Waals surface area (Å²) in [5.41, 5.74) is 5.33. The Morgan fingerprint density at radius 2 is 2.43 bits per heavy atom. The van der Waals surface area contributed by atoms with Crippen molar-refractivity contribution in [1.29, 1.82) is 0 Å². The molecule has 1 rings (SSSR count). The number of likely N-dealkylation sites (N-methyl/N-ethyl adjacent to an activating group) is 1. The van der Waals surface area contributed by atoms with Gasteiger partial charge in [0.05, 0.1) is 0 Å². The summed E-state index contributed by atoms with van der Waals surface area (Å²) in [6.07, 6.45) is 1.42. The van der Waals surface area contributed by atoms with Crippen LogP contribution in [0.1, 0.15) is 18.8 Å². The molecule has 0 aliphatic rings. The first-order chi connectivity index (χ1) is 6.56. The number of rotatable bonds is 3. The highest BCUT2D eigenvalue weighted by Gasteiger charge is 2.15. The SMILES string of the molecule is CNC(=O)C(C)n1cnc(C(N)=S)n1. The van der Waals surface area contributed by atoms with Crippen LogP contribution in [0, 0.1) is 0 Å². The quantitative estimate of drug-likeness (QED) is 0.643. The predicted molar refractivity (Wildman–Crippen MR) is 54.7 cm³/mol. The molecule has 0 saturated heterocycles. The Kier molecular flexibility index (Phi) is 3.13. The molecule has 1 aromatic rings. The van der Waals surface area contributed by atoms with Crippen LogP contribution in [-0.2, 0) is 4.79 Å². The topological polar surface area (TPSA) is 85.8 Å². The second-order valence-corrected chi connectivity index (χ2v) is 3.14. The van der Waals surface area contributed by atoms with Crippen LogP contribution in [-0.4, -0.2) is 32.7 Å². The molecule has 76 valence electrons. The molecule has 1 atom stereocenters. The lowest BCUT2D eigenvalue weighted by Gasteiger charge is -2.08. The molecule has 1 heterocycles. The standard InChI is InChI=1S/C7H11N5OS/c1-4(7(13)9-2)12-3-10-6(11-12)5(8)14/h3-4H,1-2H3,(H2,8,14)(H,9,13). The van der Waals surface area contributed by atoms with Gasteiger partial charge >= 0.3 is 0 Å². The van der Waals surface area contributed by atoms with Crippen molar-refractivity contribution in [2.75, 3.05) is 7.05 Å². The zero-order valence-corrected chi connectivity index (χ0v) is 8.71. The molecule has 0 aliphatic heterocycles. The number of nitrogens with zero attached hydrogens (tertiary/aromatic N) is 3. The van der Waals surface area contributed by atoms with E-state index < -0.39 is 6.04 Å². The lowest BCUT2D eigenvalue weighted by Crippen LogP contribution is -2.28. The van der Waals surface area contributed by atoms with Crippen LogP contribution in [0.3, 0.4) is 0 Å². The molecule has 6 nitrogen and oxygen atoms in total. The molecule has 3 N–H and O–H groups in total. The van der Waals surface area contributed by atoms with Gasteiger partial charge in [0.15, 0.2) is 0 Å². The minimum Gasteiger partial charge on any atom is -0.387 e. The van der Waals surface area contributed by atoms with E-state index in [-0.39, 0.29) is 16.7 Å². The Labute approximate surface area is 86.5 Å². The van der Waals surface area contributed by atoms with E-state index in [1.54, 1.807) is 14.0 Å². The summed E-state index contributed by atoms with van der Waals surface area (Å²) < 4.78 is 1.41. The molecule has 7 heteroatoms. The van der Waals surface area contributed by atoms with Crippen molar-refractivity contribution >= 4 is 23.1 Å². The third kappa shape index (κ3) is 2.05. The van der Waals surface area contributed by atoms with Gasteiger partial charge < -0.3 is 11.1 Å². The summed E-state index contributed by atoms with van der Waals surface area (Å²) in [4.78, 5) is 15.2. The van der Waals surface area contributed by atoms with E-state index >= 15 is 0 Å². The maximum absolute atomic E-state index is 11.2. The van der Waals surface area contributed by atoms with E-state index in [4.69, 9.17) is 18.0 Å². The van der Waals surface area contributed by atoms with Gasteiger partial charge in [0.1, 0.15) is 17.4 Å². The number of hydrogen-bond acceptors (Lipinski definition) is 4.